The topological polar surface area (TPSA) is 105 Å². The van der Waals surface area contributed by atoms with Gasteiger partial charge in [-0.05, 0) is 19.3 Å². The molecule has 2 unspecified atom stereocenters. The minimum Gasteiger partial charge on any atom is -0.480 e. The Labute approximate surface area is 114 Å². The second-order valence-corrected chi connectivity index (χ2v) is 5.27. The average molecular weight is 278 g/mol. The molecular weight excluding hydrogens is 264 g/mol. The summed E-state index contributed by atoms with van der Waals surface area (Å²) in [4.78, 5) is 36.1. The van der Waals surface area contributed by atoms with Gasteiger partial charge in [-0.3, -0.25) is 19.3 Å². The van der Waals surface area contributed by atoms with E-state index in [4.69, 9.17) is 5.11 Å². The van der Waals surface area contributed by atoms with Crippen LogP contribution >= 0.6 is 0 Å². The summed E-state index contributed by atoms with van der Waals surface area (Å²) >= 11 is 0. The number of piperidine rings is 1. The predicted octanol–water partition coefficient (Wildman–Crippen LogP) is -0.352. The third-order valence-electron chi connectivity index (χ3n) is 3.87. The van der Waals surface area contributed by atoms with Crippen molar-refractivity contribution in [2.75, 3.05) is 0 Å². The SMILES string of the molecule is O=C(O)Cn1cc(CN2C(=O)C3CCC(C3)C2=O)nn1. The van der Waals surface area contributed by atoms with Gasteiger partial charge in [0.2, 0.25) is 11.8 Å². The molecular formula is C12H14N4O4. The van der Waals surface area contributed by atoms with Gasteiger partial charge in [-0.1, -0.05) is 5.21 Å². The summed E-state index contributed by atoms with van der Waals surface area (Å²) in [5.74, 6) is -1.41. The molecule has 2 aliphatic rings. The molecule has 0 radical (unpaired) electrons. The summed E-state index contributed by atoms with van der Waals surface area (Å²) in [7, 11) is 0. The lowest BCUT2D eigenvalue weighted by molar-refractivity contribution is -0.153. The van der Waals surface area contributed by atoms with E-state index in [9.17, 15) is 14.4 Å². The standard InChI is InChI=1S/C12H14N4O4/c17-10(18)6-15-4-9(13-14-15)5-16-11(19)7-1-2-8(3-7)12(16)20/h4,7-8H,1-3,5-6H2,(H,17,18). The van der Waals surface area contributed by atoms with E-state index >= 15 is 0 Å². The van der Waals surface area contributed by atoms with Gasteiger partial charge in [-0.25, -0.2) is 4.68 Å². The Bertz CT molecular complexity index is 560. The second kappa shape index (κ2) is 4.69. The zero-order chi connectivity index (χ0) is 14.3. The molecule has 1 aliphatic heterocycles. The second-order valence-electron chi connectivity index (χ2n) is 5.27. The minimum atomic E-state index is -1.02. The average Bonchev–Trinajstić information content (AvgIpc) is 3.00. The number of hydrogen-bond donors (Lipinski definition) is 1. The van der Waals surface area contributed by atoms with Crippen molar-refractivity contribution in [3.8, 4) is 0 Å². The molecule has 1 saturated carbocycles. The summed E-state index contributed by atoms with van der Waals surface area (Å²) in [6, 6.07) is 0. The lowest BCUT2D eigenvalue weighted by Gasteiger charge is -2.28. The first-order valence-electron chi connectivity index (χ1n) is 6.50. The van der Waals surface area contributed by atoms with Gasteiger partial charge in [0, 0.05) is 11.8 Å². The van der Waals surface area contributed by atoms with Crippen molar-refractivity contribution in [2.45, 2.75) is 32.4 Å². The molecule has 106 valence electrons. The zero-order valence-electron chi connectivity index (χ0n) is 10.7. The van der Waals surface area contributed by atoms with Crippen LogP contribution in [0.15, 0.2) is 6.20 Å². The fraction of sp³-hybridized carbons (Fsp3) is 0.583. The number of carboxylic acids is 1. The van der Waals surface area contributed by atoms with Crippen LogP contribution in [-0.4, -0.2) is 42.8 Å². The largest absolute Gasteiger partial charge is 0.480 e. The molecule has 2 fully saturated rings. The van der Waals surface area contributed by atoms with Crippen LogP contribution in [0.4, 0.5) is 0 Å². The monoisotopic (exact) mass is 278 g/mol. The number of amides is 2. The number of nitrogens with zero attached hydrogens (tertiary/aromatic N) is 4. The Kier molecular flexibility index (Phi) is 3.00. The maximum atomic E-state index is 12.1. The molecule has 8 nitrogen and oxygen atoms in total. The number of aromatic nitrogens is 3. The molecule has 8 heteroatoms. The molecule has 20 heavy (non-hydrogen) atoms. The van der Waals surface area contributed by atoms with E-state index in [0.29, 0.717) is 12.1 Å². The van der Waals surface area contributed by atoms with Gasteiger partial charge in [0.05, 0.1) is 12.7 Å². The number of fused-ring (bicyclic) bond motifs is 2. The highest BCUT2D eigenvalue weighted by Crippen LogP contribution is 2.38. The lowest BCUT2D eigenvalue weighted by atomic mass is 9.97. The van der Waals surface area contributed by atoms with Gasteiger partial charge in [0.1, 0.15) is 12.2 Å². The smallest absolute Gasteiger partial charge is 0.325 e. The summed E-state index contributed by atoms with van der Waals surface area (Å²) in [5.41, 5.74) is 0.425. The van der Waals surface area contributed by atoms with Crippen LogP contribution in [-0.2, 0) is 27.5 Å². The molecule has 1 aromatic rings. The maximum absolute atomic E-state index is 12.1. The van der Waals surface area contributed by atoms with E-state index in [0.717, 1.165) is 12.8 Å². The van der Waals surface area contributed by atoms with Gasteiger partial charge in [-0.2, -0.15) is 0 Å². The van der Waals surface area contributed by atoms with Crippen LogP contribution in [0.3, 0.4) is 0 Å². The molecule has 2 bridgehead atoms. The van der Waals surface area contributed by atoms with Crippen molar-refractivity contribution in [3.63, 3.8) is 0 Å². The highest BCUT2D eigenvalue weighted by atomic mass is 16.4. The number of hydrogen-bond acceptors (Lipinski definition) is 5. The van der Waals surface area contributed by atoms with Crippen molar-refractivity contribution in [3.05, 3.63) is 11.9 Å². The maximum Gasteiger partial charge on any atom is 0.325 e. The number of aliphatic carboxylic acids is 1. The zero-order valence-corrected chi connectivity index (χ0v) is 10.7. The van der Waals surface area contributed by atoms with Gasteiger partial charge < -0.3 is 5.11 Å². The summed E-state index contributed by atoms with van der Waals surface area (Å²) in [6.07, 6.45) is 3.67. The summed E-state index contributed by atoms with van der Waals surface area (Å²) in [6.45, 7) is -0.218. The predicted molar refractivity (Wildman–Crippen MR) is 64.0 cm³/mol. The Morgan fingerprint density at radius 3 is 2.55 bits per heavy atom. The molecule has 1 aromatic heterocycles. The van der Waals surface area contributed by atoms with Crippen molar-refractivity contribution >= 4 is 17.8 Å². The van der Waals surface area contributed by atoms with E-state index < -0.39 is 5.97 Å². The molecule has 2 amide bonds. The van der Waals surface area contributed by atoms with E-state index in [1.807, 2.05) is 0 Å². The third kappa shape index (κ3) is 2.17. The minimum absolute atomic E-state index is 0.0493. The first-order valence-corrected chi connectivity index (χ1v) is 6.50. The lowest BCUT2D eigenvalue weighted by Crippen LogP contribution is -2.45. The molecule has 2 heterocycles. The fourth-order valence-electron chi connectivity index (χ4n) is 2.92. The van der Waals surface area contributed by atoms with Crippen LogP contribution < -0.4 is 0 Å². The van der Waals surface area contributed by atoms with Gasteiger partial charge in [-0.15, -0.1) is 5.10 Å². The van der Waals surface area contributed by atoms with E-state index in [-0.39, 0.29) is 36.7 Å². The Morgan fingerprint density at radius 1 is 1.30 bits per heavy atom. The summed E-state index contributed by atoms with van der Waals surface area (Å²) in [5, 5.41) is 16.1. The quantitative estimate of drug-likeness (QED) is 0.754. The van der Waals surface area contributed by atoms with Gasteiger partial charge in [0.25, 0.3) is 0 Å². The molecule has 2 atom stereocenters. The van der Waals surface area contributed by atoms with Crippen LogP contribution in [0.2, 0.25) is 0 Å². The number of carbonyl (C=O) groups excluding carboxylic acids is 2. The molecule has 0 aromatic carbocycles. The Balaban J connectivity index is 1.73. The van der Waals surface area contributed by atoms with Crippen LogP contribution in [0.25, 0.3) is 0 Å². The van der Waals surface area contributed by atoms with Crippen molar-refractivity contribution < 1.29 is 19.5 Å². The molecule has 1 saturated heterocycles. The van der Waals surface area contributed by atoms with Crippen LogP contribution in [0.5, 0.6) is 0 Å². The Hall–Kier alpha value is -2.25. The number of rotatable bonds is 4. The van der Waals surface area contributed by atoms with E-state index in [1.165, 1.54) is 15.8 Å². The Morgan fingerprint density at radius 2 is 1.95 bits per heavy atom. The molecule has 1 N–H and O–H groups in total. The number of carboxylic acid groups (broad SMARTS) is 1. The normalized spacial score (nSPS) is 25.3. The van der Waals surface area contributed by atoms with Crippen LogP contribution in [0, 0.1) is 11.8 Å². The first-order chi connectivity index (χ1) is 9.54. The molecule has 1 aliphatic carbocycles. The van der Waals surface area contributed by atoms with E-state index in [1.54, 1.807) is 0 Å². The molecule has 0 spiro atoms. The summed E-state index contributed by atoms with van der Waals surface area (Å²) < 4.78 is 1.17. The van der Waals surface area contributed by atoms with Gasteiger partial charge >= 0.3 is 5.97 Å². The molecule has 3 rings (SSSR count). The third-order valence-corrected chi connectivity index (χ3v) is 3.87. The van der Waals surface area contributed by atoms with Gasteiger partial charge in [0.15, 0.2) is 0 Å². The number of imide groups is 1. The van der Waals surface area contributed by atoms with Crippen molar-refractivity contribution in [2.24, 2.45) is 11.8 Å². The number of likely N-dealkylation sites (tertiary alicyclic amines) is 1. The number of carbonyl (C=O) groups is 3. The fourth-order valence-corrected chi connectivity index (χ4v) is 2.92. The highest BCUT2D eigenvalue weighted by Gasteiger charge is 2.45. The first kappa shape index (κ1) is 12.8. The van der Waals surface area contributed by atoms with Crippen LogP contribution in [0.1, 0.15) is 25.0 Å². The highest BCUT2D eigenvalue weighted by molar-refractivity contribution is 6.00. The van der Waals surface area contributed by atoms with Crippen molar-refractivity contribution in [1.29, 1.82) is 0 Å². The van der Waals surface area contributed by atoms with Crippen molar-refractivity contribution in [1.82, 2.24) is 19.9 Å². The van der Waals surface area contributed by atoms with E-state index in [2.05, 4.69) is 10.3 Å².